The fourth-order valence-corrected chi connectivity index (χ4v) is 3.04. The highest BCUT2D eigenvalue weighted by Gasteiger charge is 2.39. The second-order valence-corrected chi connectivity index (χ2v) is 6.79. The Balaban J connectivity index is 1.68. The first-order chi connectivity index (χ1) is 12.8. The van der Waals surface area contributed by atoms with E-state index in [2.05, 4.69) is 13.8 Å². The Hall–Kier alpha value is -3.15. The predicted octanol–water partition coefficient (Wildman–Crippen LogP) is 3.64. The molecule has 0 spiro atoms. The second-order valence-electron chi connectivity index (χ2n) is 6.79. The molecule has 1 aliphatic heterocycles. The first kappa shape index (κ1) is 18.6. The van der Waals surface area contributed by atoms with Crippen LogP contribution >= 0.6 is 0 Å². The van der Waals surface area contributed by atoms with Gasteiger partial charge in [0.15, 0.2) is 6.10 Å². The van der Waals surface area contributed by atoms with E-state index < -0.39 is 23.9 Å². The normalized spacial score (nSPS) is 14.3. The number of benzene rings is 2. The van der Waals surface area contributed by atoms with Gasteiger partial charge in [-0.25, -0.2) is 4.79 Å². The van der Waals surface area contributed by atoms with Crippen LogP contribution < -0.4 is 4.74 Å². The highest BCUT2D eigenvalue weighted by Crippen LogP contribution is 2.25. The zero-order valence-electron chi connectivity index (χ0n) is 15.7. The highest BCUT2D eigenvalue weighted by atomic mass is 16.7. The van der Waals surface area contributed by atoms with Crippen LogP contribution in [0.2, 0.25) is 0 Å². The topological polar surface area (TPSA) is 72.9 Å². The lowest BCUT2D eigenvalue weighted by Crippen LogP contribution is -2.37. The van der Waals surface area contributed by atoms with Crippen molar-refractivity contribution in [3.8, 4) is 5.75 Å². The number of imide groups is 1. The number of ether oxygens (including phenoxy) is 1. The summed E-state index contributed by atoms with van der Waals surface area (Å²) in [4.78, 5) is 41.8. The fourth-order valence-electron chi connectivity index (χ4n) is 3.04. The van der Waals surface area contributed by atoms with Gasteiger partial charge in [-0.2, -0.15) is 0 Å². The maximum absolute atomic E-state index is 12.3. The molecule has 3 rings (SSSR count). The fraction of sp³-hybridized carbons (Fsp3) is 0.286. The van der Waals surface area contributed by atoms with Gasteiger partial charge in [0.25, 0.3) is 11.8 Å². The summed E-state index contributed by atoms with van der Waals surface area (Å²) >= 11 is 0. The number of rotatable bonds is 5. The Kier molecular flexibility index (Phi) is 4.99. The smallest absolute Gasteiger partial charge is 0.373 e. The second kappa shape index (κ2) is 7.23. The molecule has 1 unspecified atom stereocenters. The summed E-state index contributed by atoms with van der Waals surface area (Å²) in [6.45, 7) is 7.69. The molecule has 0 aliphatic carbocycles. The van der Waals surface area contributed by atoms with Crippen molar-refractivity contribution in [1.82, 2.24) is 5.06 Å². The van der Waals surface area contributed by atoms with Crippen LogP contribution in [0.4, 0.5) is 0 Å². The van der Waals surface area contributed by atoms with Crippen molar-refractivity contribution in [2.24, 2.45) is 0 Å². The minimum atomic E-state index is -0.987. The van der Waals surface area contributed by atoms with Crippen LogP contribution in [0.15, 0.2) is 42.5 Å². The minimum absolute atomic E-state index is 0.212. The number of aryl methyl sites for hydroxylation is 1. The molecule has 0 fully saturated rings. The SMILES string of the molecule is Cc1cc(OC(C)C(=O)ON2C(=O)c3ccccc3C2=O)ccc1C(C)C. The lowest BCUT2D eigenvalue weighted by atomic mass is 9.98. The zero-order chi connectivity index (χ0) is 19.7. The summed E-state index contributed by atoms with van der Waals surface area (Å²) in [7, 11) is 0. The monoisotopic (exact) mass is 367 g/mol. The van der Waals surface area contributed by atoms with Crippen LogP contribution in [-0.4, -0.2) is 29.0 Å². The van der Waals surface area contributed by atoms with Crippen molar-refractivity contribution in [1.29, 1.82) is 0 Å². The van der Waals surface area contributed by atoms with E-state index in [0.717, 1.165) is 5.56 Å². The molecule has 6 nitrogen and oxygen atoms in total. The van der Waals surface area contributed by atoms with Gasteiger partial charge < -0.3 is 9.57 Å². The van der Waals surface area contributed by atoms with Crippen LogP contribution in [0.5, 0.6) is 5.75 Å². The average Bonchev–Trinajstić information content (AvgIpc) is 2.86. The molecule has 27 heavy (non-hydrogen) atoms. The van der Waals surface area contributed by atoms with Gasteiger partial charge in [-0.1, -0.05) is 37.1 Å². The maximum Gasteiger partial charge on any atom is 0.373 e. The van der Waals surface area contributed by atoms with Crippen LogP contribution in [0.25, 0.3) is 0 Å². The molecule has 1 aliphatic rings. The molecule has 1 atom stereocenters. The minimum Gasteiger partial charge on any atom is -0.479 e. The number of hydrogen-bond donors (Lipinski definition) is 0. The Morgan fingerprint density at radius 1 is 0.963 bits per heavy atom. The number of fused-ring (bicyclic) bond motifs is 1. The van der Waals surface area contributed by atoms with Crippen molar-refractivity contribution in [3.63, 3.8) is 0 Å². The summed E-state index contributed by atoms with van der Waals surface area (Å²) in [6.07, 6.45) is -0.987. The Labute approximate surface area is 157 Å². The molecule has 140 valence electrons. The van der Waals surface area contributed by atoms with Gasteiger partial charge in [0.05, 0.1) is 11.1 Å². The largest absolute Gasteiger partial charge is 0.479 e. The Bertz CT molecular complexity index is 884. The molecule has 0 saturated carbocycles. The first-order valence-electron chi connectivity index (χ1n) is 8.76. The van der Waals surface area contributed by atoms with E-state index in [1.807, 2.05) is 19.1 Å². The molecule has 6 heteroatoms. The molecule has 2 aromatic carbocycles. The number of nitrogens with zero attached hydrogens (tertiary/aromatic N) is 1. The molecule has 2 amide bonds. The summed E-state index contributed by atoms with van der Waals surface area (Å²) in [5.74, 6) is -1.24. The van der Waals surface area contributed by atoms with E-state index in [0.29, 0.717) is 16.7 Å². The number of carbonyl (C=O) groups excluding carboxylic acids is 3. The van der Waals surface area contributed by atoms with Gasteiger partial charge in [-0.05, 0) is 55.2 Å². The van der Waals surface area contributed by atoms with E-state index >= 15 is 0 Å². The summed E-state index contributed by atoms with van der Waals surface area (Å²) < 4.78 is 5.63. The lowest BCUT2D eigenvalue weighted by molar-refractivity contribution is -0.176. The van der Waals surface area contributed by atoms with Gasteiger partial charge in [0, 0.05) is 0 Å². The molecular formula is C21H21NO5. The van der Waals surface area contributed by atoms with Crippen LogP contribution in [0.3, 0.4) is 0 Å². The summed E-state index contributed by atoms with van der Waals surface area (Å²) in [6, 6.07) is 11.9. The van der Waals surface area contributed by atoms with Gasteiger partial charge >= 0.3 is 5.97 Å². The van der Waals surface area contributed by atoms with Gasteiger partial charge in [0.1, 0.15) is 5.75 Å². The van der Waals surface area contributed by atoms with Crippen molar-refractivity contribution in [2.45, 2.75) is 39.7 Å². The Morgan fingerprint density at radius 2 is 1.56 bits per heavy atom. The highest BCUT2D eigenvalue weighted by molar-refractivity contribution is 6.20. The number of amides is 2. The van der Waals surface area contributed by atoms with E-state index in [1.54, 1.807) is 18.2 Å². The quantitative estimate of drug-likeness (QED) is 0.755. The molecule has 0 bridgehead atoms. The predicted molar refractivity (Wildman–Crippen MR) is 98.4 cm³/mol. The van der Waals surface area contributed by atoms with Gasteiger partial charge in [-0.15, -0.1) is 0 Å². The third-order valence-electron chi connectivity index (χ3n) is 4.45. The van der Waals surface area contributed by atoms with Crippen LogP contribution in [0, 0.1) is 6.92 Å². The summed E-state index contributed by atoms with van der Waals surface area (Å²) in [5.41, 5.74) is 2.68. The maximum atomic E-state index is 12.3. The van der Waals surface area contributed by atoms with Crippen molar-refractivity contribution < 1.29 is 24.0 Å². The Morgan fingerprint density at radius 3 is 2.07 bits per heavy atom. The molecule has 1 heterocycles. The van der Waals surface area contributed by atoms with E-state index in [4.69, 9.17) is 9.57 Å². The molecule has 0 aromatic heterocycles. The number of hydrogen-bond acceptors (Lipinski definition) is 5. The third-order valence-corrected chi connectivity index (χ3v) is 4.45. The molecular weight excluding hydrogens is 346 g/mol. The number of carbonyl (C=O) groups is 3. The van der Waals surface area contributed by atoms with E-state index in [-0.39, 0.29) is 11.1 Å². The summed E-state index contributed by atoms with van der Waals surface area (Å²) in [5, 5.41) is 0.486. The molecule has 2 aromatic rings. The van der Waals surface area contributed by atoms with Gasteiger partial charge in [-0.3, -0.25) is 9.59 Å². The third kappa shape index (κ3) is 3.56. The van der Waals surface area contributed by atoms with Crippen LogP contribution in [-0.2, 0) is 9.63 Å². The van der Waals surface area contributed by atoms with E-state index in [1.165, 1.54) is 24.6 Å². The molecule has 0 radical (unpaired) electrons. The van der Waals surface area contributed by atoms with Crippen molar-refractivity contribution >= 4 is 17.8 Å². The zero-order valence-corrected chi connectivity index (χ0v) is 15.7. The average molecular weight is 367 g/mol. The lowest BCUT2D eigenvalue weighted by Gasteiger charge is -2.18. The van der Waals surface area contributed by atoms with Crippen molar-refractivity contribution in [3.05, 3.63) is 64.7 Å². The standard InChI is InChI=1S/C21H21NO5/c1-12(2)16-10-9-15(11-13(16)3)26-14(4)21(25)27-22-19(23)17-7-5-6-8-18(17)20(22)24/h5-12,14H,1-4H3. The van der Waals surface area contributed by atoms with E-state index in [9.17, 15) is 14.4 Å². The van der Waals surface area contributed by atoms with Crippen molar-refractivity contribution in [2.75, 3.05) is 0 Å². The molecule has 0 saturated heterocycles. The first-order valence-corrected chi connectivity index (χ1v) is 8.76. The van der Waals surface area contributed by atoms with Gasteiger partial charge in [0.2, 0.25) is 0 Å². The molecule has 0 N–H and O–H groups in total. The van der Waals surface area contributed by atoms with Crippen LogP contribution in [0.1, 0.15) is 58.5 Å². The number of hydroxylamine groups is 2.